The van der Waals surface area contributed by atoms with Gasteiger partial charge in [0, 0.05) is 67.2 Å². The average molecular weight is 1720 g/mol. The van der Waals surface area contributed by atoms with Gasteiger partial charge in [0.15, 0.2) is 0 Å². The number of esters is 1. The molecule has 2 unspecified atom stereocenters. The van der Waals surface area contributed by atoms with E-state index >= 15 is 0 Å². The van der Waals surface area contributed by atoms with Crippen LogP contribution in [0.2, 0.25) is 0 Å². The summed E-state index contributed by atoms with van der Waals surface area (Å²) in [6.07, 6.45) is 9.95. The van der Waals surface area contributed by atoms with E-state index in [0.717, 1.165) is 86.4 Å². The maximum Gasteiger partial charge on any atom is 0.411 e. The Morgan fingerprint density at radius 3 is 1.26 bits per heavy atom. The van der Waals surface area contributed by atoms with Crippen molar-refractivity contribution in [3.63, 3.8) is 0 Å². The van der Waals surface area contributed by atoms with Gasteiger partial charge < -0.3 is 53.9 Å². The molecule has 8 aliphatic rings. The fourth-order valence-electron chi connectivity index (χ4n) is 21.6. The van der Waals surface area contributed by atoms with E-state index in [1.807, 2.05) is 59.2 Å². The molecule has 6 aliphatic heterocycles. The third-order valence-electron chi connectivity index (χ3n) is 28.6. The van der Waals surface area contributed by atoms with Gasteiger partial charge in [-0.1, -0.05) is 157 Å². The standard InChI is InChI=1S/C22H32F2N2O3.C22H28N2O3.C21H34F2N2O3S.C16H24N2O3.C13H20N2O/c1-14(2)22(15(3)4)12-9-17-5-6-18(19(27)26(17)22)25-20(28)29-13-16-7-10-21(23,24)11-8-16;1-15(2)22(16(3)4)13-12-17-10-11-19(21(26)24(17)22)23-14-20(25)27-18-8-6-5-7-9-18;1-13(2)21(14(3)4)12-29-17-6-5-16(18(26)25(17)21)24-19(27)28-11-15-7-9-20(22,23)10-8-15;1-10(2)16(11(3)4)8-7-12-5-6-13(15(21)18(12)16)17-9-14(19)20;1-9(2)13(10(3)4)7-5-11-14-8-6-12(16)15(11)13/h5-6,14-16H,7-13H2,1-4H3,(H,25,28);5-11,15-16,23H,12-14H2,1-4H3;13-17H,5-12H2,1-4H3,(H,24,27);5-6,10-11,17H,7-9H2,1-4H3,(H,19,20);6,8-10H,5,7H2,1-4H3. The number of piperidine rings is 1. The quantitative estimate of drug-likeness (QED) is 0.0231. The molecule has 2 saturated heterocycles. The Labute approximate surface area is 722 Å². The van der Waals surface area contributed by atoms with Gasteiger partial charge >= 0.3 is 24.1 Å². The van der Waals surface area contributed by atoms with Gasteiger partial charge in [0.2, 0.25) is 17.8 Å². The van der Waals surface area contributed by atoms with E-state index in [4.69, 9.17) is 19.3 Å². The number of aromatic nitrogens is 5. The first kappa shape index (κ1) is 97.4. The minimum Gasteiger partial charge on any atom is -0.480 e. The second-order valence-corrected chi connectivity index (χ2v) is 39.4. The first-order valence-corrected chi connectivity index (χ1v) is 45.7. The summed E-state index contributed by atoms with van der Waals surface area (Å²) in [7, 11) is 0. The number of aryl methyl sites for hydroxylation is 4. The molecule has 0 radical (unpaired) electrons. The number of rotatable bonds is 23. The number of carboxylic acids is 1. The molecule has 0 spiro atoms. The third kappa shape index (κ3) is 20.6. The number of fused-ring (bicyclic) bond motifs is 5. The van der Waals surface area contributed by atoms with Gasteiger partial charge in [-0.05, 0) is 203 Å². The van der Waals surface area contributed by atoms with E-state index in [-0.39, 0.29) is 143 Å². The highest BCUT2D eigenvalue weighted by Gasteiger charge is 2.57. The first-order chi connectivity index (χ1) is 57.3. The van der Waals surface area contributed by atoms with Gasteiger partial charge in [0.05, 0.1) is 46.3 Å². The molecule has 0 bridgehead atoms. The number of carbonyl (C=O) groups excluding carboxylic acids is 4. The van der Waals surface area contributed by atoms with E-state index in [0.29, 0.717) is 96.6 Å². The molecule has 676 valence electrons. The van der Waals surface area contributed by atoms with Crippen molar-refractivity contribution in [2.24, 2.45) is 71.0 Å². The van der Waals surface area contributed by atoms with Crippen molar-refractivity contribution in [1.82, 2.24) is 33.5 Å². The van der Waals surface area contributed by atoms with Crippen LogP contribution in [-0.4, -0.2) is 124 Å². The number of amides is 3. The molecule has 4 fully saturated rings. The summed E-state index contributed by atoms with van der Waals surface area (Å²) in [4.78, 5) is 118. The number of thioether (sulfide) groups is 1. The number of benzene rings is 1. The van der Waals surface area contributed by atoms with Crippen LogP contribution in [0.15, 0.2) is 98.2 Å². The smallest absolute Gasteiger partial charge is 0.411 e. The van der Waals surface area contributed by atoms with Crippen molar-refractivity contribution in [1.29, 1.82) is 0 Å². The lowest BCUT2D eigenvalue weighted by Gasteiger charge is -2.49. The maximum absolute atomic E-state index is 13.3. The Kier molecular flexibility index (Phi) is 32.1. The van der Waals surface area contributed by atoms with Crippen molar-refractivity contribution < 1.29 is 60.9 Å². The highest BCUT2D eigenvalue weighted by molar-refractivity contribution is 8.00. The summed E-state index contributed by atoms with van der Waals surface area (Å²) in [5.74, 6) is -0.883. The second-order valence-electron chi connectivity index (χ2n) is 38.2. The number of para-hydroxylation sites is 1. The van der Waals surface area contributed by atoms with Crippen molar-refractivity contribution >= 4 is 58.9 Å². The number of anilines is 3. The molecule has 5 aromatic rings. The maximum atomic E-state index is 13.3. The molecular formula is C94H138F4N10O13S. The number of aliphatic carboxylic acids is 1. The average Bonchev–Trinajstić information content (AvgIpc) is 1.48. The van der Waals surface area contributed by atoms with Gasteiger partial charge in [0.1, 0.15) is 47.8 Å². The molecule has 28 heteroatoms. The van der Waals surface area contributed by atoms with Crippen molar-refractivity contribution in [2.75, 3.05) is 48.0 Å². The van der Waals surface area contributed by atoms with Crippen LogP contribution in [-0.2, 0) is 71.7 Å². The van der Waals surface area contributed by atoms with E-state index in [1.54, 1.807) is 54.7 Å². The Morgan fingerprint density at radius 2 is 0.844 bits per heavy atom. The van der Waals surface area contributed by atoms with E-state index < -0.39 is 42.0 Å². The lowest BCUT2D eigenvalue weighted by atomic mass is 9.75. The normalized spacial score (nSPS) is 20.4. The molecular weight excluding hydrogens is 1590 g/mol. The summed E-state index contributed by atoms with van der Waals surface area (Å²) in [5.41, 5.74) is 2.94. The number of alkyl halides is 4. The topological polar surface area (TPSA) is 286 Å². The molecule has 13 rings (SSSR count). The SMILES string of the molecule is CC(C)C1(C(C)C)CCc2ccc(NC(=O)OCC3CCC(F)(F)CC3)c(=O)n21.CC(C)C1(C(C)C)CCc2ccc(NCC(=O)O)c(=O)n21.CC(C)C1(C(C)C)CCc2ccc(NCC(=O)Oc3ccccc3)c(=O)n21.CC(C)C1(C(C)C)CCc2nccc(=O)n21.CC(C)C1(C(C)C)CSC2CCC(NC(=O)OCC3CCC(F)(F)CC3)C(=O)N21. The molecule has 10 heterocycles. The number of nitrogens with one attached hydrogen (secondary N) is 4. The lowest BCUT2D eigenvalue weighted by Crippen LogP contribution is -2.64. The number of hydrogen-bond acceptors (Lipinski definition) is 16. The minimum atomic E-state index is -2.60. The fourth-order valence-corrected chi connectivity index (χ4v) is 23.7. The van der Waals surface area contributed by atoms with Crippen LogP contribution < -0.4 is 48.2 Å². The van der Waals surface area contributed by atoms with E-state index in [1.165, 1.54) is 0 Å². The monoisotopic (exact) mass is 1720 g/mol. The Balaban J connectivity index is 0.000000176. The Bertz CT molecular complexity index is 4640. The zero-order valence-electron chi connectivity index (χ0n) is 75.8. The van der Waals surface area contributed by atoms with Crippen LogP contribution in [0.5, 0.6) is 5.75 Å². The first-order valence-electron chi connectivity index (χ1n) is 44.7. The number of nitrogens with zero attached hydrogens (tertiary/aromatic N) is 6. The molecule has 2 aliphatic carbocycles. The van der Waals surface area contributed by atoms with Gasteiger partial charge in [-0.25, -0.2) is 36.9 Å². The summed E-state index contributed by atoms with van der Waals surface area (Å²) in [6.45, 7) is 43.2. The molecule has 4 aromatic heterocycles. The minimum absolute atomic E-state index is 0.0251. The number of alkyl carbamates (subject to hydrolysis) is 1. The van der Waals surface area contributed by atoms with Crippen molar-refractivity contribution in [2.45, 2.75) is 305 Å². The molecule has 23 nitrogen and oxygen atoms in total. The number of carbonyl (C=O) groups is 5. The zero-order chi connectivity index (χ0) is 90.1. The predicted molar refractivity (Wildman–Crippen MR) is 473 cm³/mol. The van der Waals surface area contributed by atoms with Crippen LogP contribution >= 0.6 is 11.8 Å². The molecule has 3 amide bonds. The van der Waals surface area contributed by atoms with Gasteiger partial charge in [-0.3, -0.25) is 38.7 Å². The summed E-state index contributed by atoms with van der Waals surface area (Å²) >= 11 is 1.84. The third-order valence-corrected chi connectivity index (χ3v) is 30.0. The molecule has 1 aromatic carbocycles. The van der Waals surface area contributed by atoms with Crippen LogP contribution in [0, 0.1) is 71.0 Å². The van der Waals surface area contributed by atoms with E-state index in [9.17, 15) is 60.7 Å². The van der Waals surface area contributed by atoms with Crippen LogP contribution in [0.4, 0.5) is 44.2 Å². The van der Waals surface area contributed by atoms with Gasteiger partial charge in [0.25, 0.3) is 22.2 Å². The summed E-state index contributed by atoms with van der Waals surface area (Å²) < 4.78 is 76.4. The Morgan fingerprint density at radius 1 is 0.459 bits per heavy atom. The summed E-state index contributed by atoms with van der Waals surface area (Å²) in [5, 5.41) is 19.9. The Hall–Kier alpha value is -8.43. The number of carboxylic acid groups (broad SMARTS) is 1. The van der Waals surface area contributed by atoms with Crippen LogP contribution in [0.25, 0.3) is 0 Å². The van der Waals surface area contributed by atoms with Crippen molar-refractivity contribution in [3.05, 3.63) is 143 Å². The predicted octanol–water partition coefficient (Wildman–Crippen LogP) is 18.1. The van der Waals surface area contributed by atoms with Gasteiger partial charge in [-0.15, -0.1) is 11.8 Å². The fraction of sp³-hybridized carbons (Fsp3) is 0.681. The lowest BCUT2D eigenvalue weighted by molar-refractivity contribution is -0.147. The number of halogens is 4. The highest BCUT2D eigenvalue weighted by atomic mass is 32.2. The van der Waals surface area contributed by atoms with E-state index in [2.05, 4.69) is 165 Å². The molecule has 5 N–H and O–H groups in total. The largest absolute Gasteiger partial charge is 0.480 e. The number of hydrogen-bond donors (Lipinski definition) is 5. The zero-order valence-corrected chi connectivity index (χ0v) is 76.6. The molecule has 2 saturated carbocycles. The number of ether oxygens (including phenoxy) is 3. The van der Waals surface area contributed by atoms with Crippen LogP contribution in [0.1, 0.15) is 251 Å². The number of pyridine rings is 3. The van der Waals surface area contributed by atoms with Gasteiger partial charge in [-0.2, -0.15) is 0 Å². The van der Waals surface area contributed by atoms with Crippen LogP contribution in [0.3, 0.4) is 0 Å². The summed E-state index contributed by atoms with van der Waals surface area (Å²) in [6, 6.07) is 20.9. The second kappa shape index (κ2) is 40.3. The molecule has 2 atom stereocenters. The molecule has 122 heavy (non-hydrogen) atoms. The highest BCUT2D eigenvalue weighted by Crippen LogP contribution is 2.51. The van der Waals surface area contributed by atoms with Crippen molar-refractivity contribution in [3.8, 4) is 5.75 Å².